The first kappa shape index (κ1) is 16.3. The van der Waals surface area contributed by atoms with Gasteiger partial charge in [0, 0.05) is 18.3 Å². The Labute approximate surface area is 137 Å². The number of nitro benzene ring substituents is 1. The molecular weight excluding hydrogens is 327 g/mol. The van der Waals surface area contributed by atoms with Gasteiger partial charge in [0.05, 0.1) is 27.3 Å². The minimum absolute atomic E-state index is 0.0195. The van der Waals surface area contributed by atoms with Gasteiger partial charge in [-0.25, -0.2) is 0 Å². The van der Waals surface area contributed by atoms with E-state index in [0.717, 1.165) is 0 Å². The largest absolute Gasteiger partial charge is 0.491 e. The molecule has 2 aromatic carbocycles. The quantitative estimate of drug-likeness (QED) is 0.435. The SMILES string of the molecule is CCOc1c(Cl)cc(C=Nc2ccc([N+](=O)[O-])cc2)cc1Cl. The molecule has 0 saturated carbocycles. The second kappa shape index (κ2) is 7.24. The highest BCUT2D eigenvalue weighted by atomic mass is 35.5. The zero-order valence-corrected chi connectivity index (χ0v) is 13.1. The maximum absolute atomic E-state index is 10.6. The molecule has 0 N–H and O–H groups in total. The van der Waals surface area contributed by atoms with Gasteiger partial charge in [0.15, 0.2) is 5.75 Å². The van der Waals surface area contributed by atoms with Gasteiger partial charge in [0.25, 0.3) is 5.69 Å². The molecule has 0 fully saturated rings. The molecule has 0 atom stereocenters. The molecule has 7 heteroatoms. The minimum Gasteiger partial charge on any atom is -0.491 e. The monoisotopic (exact) mass is 338 g/mol. The lowest BCUT2D eigenvalue weighted by Crippen LogP contribution is -1.94. The van der Waals surface area contributed by atoms with Crippen molar-refractivity contribution in [1.82, 2.24) is 0 Å². The van der Waals surface area contributed by atoms with Gasteiger partial charge in [-0.1, -0.05) is 23.2 Å². The molecule has 0 spiro atoms. The summed E-state index contributed by atoms with van der Waals surface area (Å²) in [5.74, 6) is 0.443. The van der Waals surface area contributed by atoms with Crippen LogP contribution in [0.4, 0.5) is 11.4 Å². The van der Waals surface area contributed by atoms with Gasteiger partial charge in [-0.05, 0) is 36.8 Å². The van der Waals surface area contributed by atoms with Crippen molar-refractivity contribution in [2.45, 2.75) is 6.92 Å². The lowest BCUT2D eigenvalue weighted by atomic mass is 10.2. The van der Waals surface area contributed by atoms with Crippen LogP contribution in [-0.4, -0.2) is 17.7 Å². The van der Waals surface area contributed by atoms with Crippen molar-refractivity contribution in [3.8, 4) is 5.75 Å². The zero-order chi connectivity index (χ0) is 16.1. The number of nitro groups is 1. The number of benzene rings is 2. The van der Waals surface area contributed by atoms with Crippen LogP contribution in [0, 0.1) is 10.1 Å². The predicted octanol–water partition coefficient (Wildman–Crippen LogP) is 5.05. The van der Waals surface area contributed by atoms with Crippen LogP contribution in [-0.2, 0) is 0 Å². The first-order chi connectivity index (χ1) is 10.5. The number of rotatable bonds is 5. The van der Waals surface area contributed by atoms with Gasteiger partial charge >= 0.3 is 0 Å². The summed E-state index contributed by atoms with van der Waals surface area (Å²) >= 11 is 12.2. The first-order valence-electron chi connectivity index (χ1n) is 6.41. The molecule has 0 aliphatic carbocycles. The number of non-ortho nitro benzene ring substituents is 1. The van der Waals surface area contributed by atoms with E-state index < -0.39 is 4.92 Å². The van der Waals surface area contributed by atoms with Crippen molar-refractivity contribution in [3.63, 3.8) is 0 Å². The van der Waals surface area contributed by atoms with Crippen molar-refractivity contribution in [2.24, 2.45) is 4.99 Å². The molecule has 0 aliphatic heterocycles. The summed E-state index contributed by atoms with van der Waals surface area (Å²) in [6.45, 7) is 2.31. The van der Waals surface area contributed by atoms with E-state index in [1.807, 2.05) is 6.92 Å². The summed E-state index contributed by atoms with van der Waals surface area (Å²) in [7, 11) is 0. The Morgan fingerprint density at radius 2 is 1.82 bits per heavy atom. The zero-order valence-electron chi connectivity index (χ0n) is 11.6. The molecular formula is C15H12Cl2N2O3. The van der Waals surface area contributed by atoms with Crippen molar-refractivity contribution < 1.29 is 9.66 Å². The fourth-order valence-electron chi connectivity index (χ4n) is 1.75. The summed E-state index contributed by atoms with van der Waals surface area (Å²) < 4.78 is 5.35. The lowest BCUT2D eigenvalue weighted by molar-refractivity contribution is -0.384. The third kappa shape index (κ3) is 3.96. The maximum atomic E-state index is 10.6. The fraction of sp³-hybridized carbons (Fsp3) is 0.133. The molecule has 0 aromatic heterocycles. The molecule has 2 rings (SSSR count). The second-order valence-corrected chi connectivity index (χ2v) is 5.09. The summed E-state index contributed by atoms with van der Waals surface area (Å²) in [6, 6.07) is 9.29. The van der Waals surface area contributed by atoms with E-state index in [1.165, 1.54) is 12.1 Å². The average Bonchev–Trinajstić information content (AvgIpc) is 2.49. The first-order valence-corrected chi connectivity index (χ1v) is 7.17. The third-order valence-electron chi connectivity index (χ3n) is 2.73. The smallest absolute Gasteiger partial charge is 0.269 e. The van der Waals surface area contributed by atoms with Crippen LogP contribution in [0.15, 0.2) is 41.4 Å². The number of hydrogen-bond donors (Lipinski definition) is 0. The Morgan fingerprint density at radius 1 is 1.23 bits per heavy atom. The van der Waals surface area contributed by atoms with Gasteiger partial charge in [-0.15, -0.1) is 0 Å². The second-order valence-electron chi connectivity index (χ2n) is 4.28. The van der Waals surface area contributed by atoms with E-state index in [1.54, 1.807) is 30.5 Å². The van der Waals surface area contributed by atoms with E-state index in [-0.39, 0.29) is 5.69 Å². The highest BCUT2D eigenvalue weighted by Gasteiger charge is 2.08. The highest BCUT2D eigenvalue weighted by Crippen LogP contribution is 2.34. The third-order valence-corrected chi connectivity index (χ3v) is 3.29. The Kier molecular flexibility index (Phi) is 5.35. The molecule has 22 heavy (non-hydrogen) atoms. The van der Waals surface area contributed by atoms with Crippen LogP contribution < -0.4 is 4.74 Å². The standard InChI is InChI=1S/C15H12Cl2N2O3/c1-2-22-15-13(16)7-10(8-14(15)17)9-18-11-3-5-12(6-4-11)19(20)21/h3-9H,2H2,1H3. The average molecular weight is 339 g/mol. The molecule has 0 unspecified atom stereocenters. The van der Waals surface area contributed by atoms with Crippen molar-refractivity contribution in [1.29, 1.82) is 0 Å². The van der Waals surface area contributed by atoms with Gasteiger partial charge in [-0.2, -0.15) is 0 Å². The van der Waals surface area contributed by atoms with Crippen LogP contribution in [0.2, 0.25) is 10.0 Å². The van der Waals surface area contributed by atoms with E-state index in [4.69, 9.17) is 27.9 Å². The van der Waals surface area contributed by atoms with Crippen LogP contribution in [0.25, 0.3) is 0 Å². The minimum atomic E-state index is -0.459. The van der Waals surface area contributed by atoms with Gasteiger partial charge in [0.2, 0.25) is 0 Å². The summed E-state index contributed by atoms with van der Waals surface area (Å²) in [5.41, 5.74) is 1.31. The van der Waals surface area contributed by atoms with Crippen LogP contribution in [0.5, 0.6) is 5.75 Å². The Hall–Kier alpha value is -2.11. The van der Waals surface area contributed by atoms with Crippen LogP contribution >= 0.6 is 23.2 Å². The molecule has 0 bridgehead atoms. The van der Waals surface area contributed by atoms with Gasteiger partial charge in [-0.3, -0.25) is 15.1 Å². The lowest BCUT2D eigenvalue weighted by Gasteiger charge is -2.08. The number of hydrogen-bond acceptors (Lipinski definition) is 4. The van der Waals surface area contributed by atoms with Crippen molar-refractivity contribution in [3.05, 3.63) is 62.1 Å². The van der Waals surface area contributed by atoms with Gasteiger partial charge < -0.3 is 4.74 Å². The summed E-state index contributed by atoms with van der Waals surface area (Å²) in [4.78, 5) is 14.3. The fourth-order valence-corrected chi connectivity index (χ4v) is 2.36. The molecule has 0 heterocycles. The van der Waals surface area contributed by atoms with Crippen molar-refractivity contribution >= 4 is 40.8 Å². The highest BCUT2D eigenvalue weighted by molar-refractivity contribution is 6.37. The number of nitrogens with zero attached hydrogens (tertiary/aromatic N) is 2. The normalized spacial score (nSPS) is 10.9. The summed E-state index contributed by atoms with van der Waals surface area (Å²) in [6.07, 6.45) is 1.58. The molecule has 0 amide bonds. The van der Waals surface area contributed by atoms with E-state index in [0.29, 0.717) is 33.7 Å². The maximum Gasteiger partial charge on any atom is 0.269 e. The van der Waals surface area contributed by atoms with Crippen LogP contribution in [0.1, 0.15) is 12.5 Å². The van der Waals surface area contributed by atoms with E-state index in [9.17, 15) is 10.1 Å². The number of halogens is 2. The molecule has 0 saturated heterocycles. The van der Waals surface area contributed by atoms with Crippen molar-refractivity contribution in [2.75, 3.05) is 6.61 Å². The van der Waals surface area contributed by atoms with Crippen LogP contribution in [0.3, 0.4) is 0 Å². The van der Waals surface area contributed by atoms with Gasteiger partial charge in [0.1, 0.15) is 0 Å². The van der Waals surface area contributed by atoms with E-state index >= 15 is 0 Å². The number of ether oxygens (including phenoxy) is 1. The Balaban J connectivity index is 2.21. The Bertz CT molecular complexity index is 692. The predicted molar refractivity (Wildman–Crippen MR) is 88.0 cm³/mol. The topological polar surface area (TPSA) is 64.7 Å². The molecule has 114 valence electrons. The Morgan fingerprint density at radius 3 is 2.32 bits per heavy atom. The van der Waals surface area contributed by atoms with E-state index in [2.05, 4.69) is 4.99 Å². The molecule has 0 aliphatic rings. The summed E-state index contributed by atoms with van der Waals surface area (Å²) in [5, 5.41) is 11.4. The molecule has 0 radical (unpaired) electrons. The molecule has 5 nitrogen and oxygen atoms in total. The molecule has 2 aromatic rings. The number of aliphatic imine (C=N–C) groups is 1.